The summed E-state index contributed by atoms with van der Waals surface area (Å²) in [6.07, 6.45) is 1.78. The van der Waals surface area contributed by atoms with E-state index in [1.54, 1.807) is 5.38 Å². The Bertz CT molecular complexity index is 452. The van der Waals surface area contributed by atoms with Gasteiger partial charge in [-0.15, -0.1) is 11.3 Å². The van der Waals surface area contributed by atoms with E-state index < -0.39 is 5.97 Å². The van der Waals surface area contributed by atoms with E-state index in [1.807, 2.05) is 4.90 Å². The standard InChI is InChI=1S/C11H15N3O3S/c12-9(15)5-14-3-1-7(2-4-14)10-13-8(6-18-10)11(16)17/h6-7H,1-5H2,(H2,12,15)(H,16,17). The van der Waals surface area contributed by atoms with Crippen LogP contribution in [0.5, 0.6) is 0 Å². The first kappa shape index (κ1) is 13.0. The number of nitrogens with zero attached hydrogens (tertiary/aromatic N) is 2. The Labute approximate surface area is 108 Å². The van der Waals surface area contributed by atoms with Crippen LogP contribution >= 0.6 is 11.3 Å². The molecule has 1 aliphatic heterocycles. The van der Waals surface area contributed by atoms with Crippen LogP contribution in [0.1, 0.15) is 34.3 Å². The molecule has 0 atom stereocenters. The minimum absolute atomic E-state index is 0.120. The van der Waals surface area contributed by atoms with Crippen molar-refractivity contribution in [1.29, 1.82) is 0 Å². The second-order valence-corrected chi connectivity index (χ2v) is 5.28. The molecule has 0 saturated carbocycles. The maximum absolute atomic E-state index is 10.8. The Kier molecular flexibility index (Phi) is 3.93. The zero-order chi connectivity index (χ0) is 13.1. The molecule has 6 nitrogen and oxygen atoms in total. The first-order valence-corrected chi connectivity index (χ1v) is 6.63. The molecular formula is C11H15N3O3S. The number of piperidine rings is 1. The minimum atomic E-state index is -0.983. The van der Waals surface area contributed by atoms with E-state index in [0.717, 1.165) is 30.9 Å². The quantitative estimate of drug-likeness (QED) is 0.830. The summed E-state index contributed by atoms with van der Waals surface area (Å²) >= 11 is 1.40. The Morgan fingerprint density at radius 1 is 1.50 bits per heavy atom. The number of carbonyl (C=O) groups is 2. The number of primary amides is 1. The van der Waals surface area contributed by atoms with Crippen molar-refractivity contribution in [1.82, 2.24) is 9.88 Å². The third-order valence-electron chi connectivity index (χ3n) is 3.06. The molecule has 0 aliphatic carbocycles. The van der Waals surface area contributed by atoms with Crippen LogP contribution in [0.4, 0.5) is 0 Å². The van der Waals surface area contributed by atoms with Crippen LogP contribution in [0.3, 0.4) is 0 Å². The monoisotopic (exact) mass is 269 g/mol. The topological polar surface area (TPSA) is 96.5 Å². The highest BCUT2D eigenvalue weighted by atomic mass is 32.1. The fraction of sp³-hybridized carbons (Fsp3) is 0.545. The molecule has 1 aliphatic rings. The molecule has 0 unspecified atom stereocenters. The van der Waals surface area contributed by atoms with Crippen LogP contribution in [0.25, 0.3) is 0 Å². The minimum Gasteiger partial charge on any atom is -0.476 e. The molecule has 2 rings (SSSR count). The highest BCUT2D eigenvalue weighted by Crippen LogP contribution is 2.30. The van der Waals surface area contributed by atoms with E-state index in [-0.39, 0.29) is 11.6 Å². The lowest BCUT2D eigenvalue weighted by atomic mass is 9.97. The molecule has 7 heteroatoms. The van der Waals surface area contributed by atoms with Gasteiger partial charge >= 0.3 is 5.97 Å². The maximum Gasteiger partial charge on any atom is 0.355 e. The number of amides is 1. The number of rotatable bonds is 4. The Balaban J connectivity index is 1.92. The predicted octanol–water partition coefficient (Wildman–Crippen LogP) is 0.506. The molecule has 3 N–H and O–H groups in total. The van der Waals surface area contributed by atoms with Gasteiger partial charge in [-0.3, -0.25) is 9.69 Å². The summed E-state index contributed by atoms with van der Waals surface area (Å²) < 4.78 is 0. The smallest absolute Gasteiger partial charge is 0.355 e. The molecule has 1 amide bonds. The van der Waals surface area contributed by atoms with Crippen LogP contribution in [0, 0.1) is 0 Å². The summed E-state index contributed by atoms with van der Waals surface area (Å²) in [5.41, 5.74) is 5.27. The third-order valence-corrected chi connectivity index (χ3v) is 4.06. The SMILES string of the molecule is NC(=O)CN1CCC(c2nc(C(=O)O)cs2)CC1. The van der Waals surface area contributed by atoms with Crippen LogP contribution < -0.4 is 5.73 Å². The Morgan fingerprint density at radius 3 is 2.67 bits per heavy atom. The van der Waals surface area contributed by atoms with Gasteiger partial charge in [-0.2, -0.15) is 0 Å². The zero-order valence-electron chi connectivity index (χ0n) is 9.83. The van der Waals surface area contributed by atoms with Gasteiger partial charge in [0, 0.05) is 11.3 Å². The van der Waals surface area contributed by atoms with E-state index in [9.17, 15) is 9.59 Å². The maximum atomic E-state index is 10.8. The van der Waals surface area contributed by atoms with Gasteiger partial charge in [0.2, 0.25) is 5.91 Å². The van der Waals surface area contributed by atoms with E-state index in [1.165, 1.54) is 11.3 Å². The van der Waals surface area contributed by atoms with Gasteiger partial charge in [0.05, 0.1) is 11.6 Å². The number of aromatic carboxylic acids is 1. The van der Waals surface area contributed by atoms with Gasteiger partial charge < -0.3 is 10.8 Å². The van der Waals surface area contributed by atoms with Crippen molar-refractivity contribution in [2.24, 2.45) is 5.73 Å². The fourth-order valence-electron chi connectivity index (χ4n) is 2.13. The van der Waals surface area contributed by atoms with Crippen molar-refractivity contribution in [3.05, 3.63) is 16.1 Å². The number of hydrogen-bond acceptors (Lipinski definition) is 5. The van der Waals surface area contributed by atoms with Gasteiger partial charge in [-0.1, -0.05) is 0 Å². The third kappa shape index (κ3) is 3.05. The van der Waals surface area contributed by atoms with Crippen LogP contribution in [-0.2, 0) is 4.79 Å². The molecule has 0 bridgehead atoms. The second kappa shape index (κ2) is 5.45. The largest absolute Gasteiger partial charge is 0.476 e. The summed E-state index contributed by atoms with van der Waals surface area (Å²) in [7, 11) is 0. The first-order valence-electron chi connectivity index (χ1n) is 5.75. The second-order valence-electron chi connectivity index (χ2n) is 4.39. The van der Waals surface area contributed by atoms with Gasteiger partial charge in [0.25, 0.3) is 0 Å². The molecule has 98 valence electrons. The van der Waals surface area contributed by atoms with Crippen molar-refractivity contribution in [3.8, 4) is 0 Å². The van der Waals surface area contributed by atoms with Crippen molar-refractivity contribution in [2.75, 3.05) is 19.6 Å². The number of likely N-dealkylation sites (tertiary alicyclic amines) is 1. The zero-order valence-corrected chi connectivity index (χ0v) is 10.7. The summed E-state index contributed by atoms with van der Waals surface area (Å²) in [6.45, 7) is 1.90. The van der Waals surface area contributed by atoms with E-state index in [2.05, 4.69) is 4.98 Å². The molecule has 0 radical (unpaired) electrons. The van der Waals surface area contributed by atoms with Crippen molar-refractivity contribution in [2.45, 2.75) is 18.8 Å². The van der Waals surface area contributed by atoms with E-state index >= 15 is 0 Å². The molecule has 1 saturated heterocycles. The number of hydrogen-bond donors (Lipinski definition) is 2. The molecule has 1 aromatic rings. The van der Waals surface area contributed by atoms with Gasteiger partial charge in [-0.25, -0.2) is 9.78 Å². The lowest BCUT2D eigenvalue weighted by Crippen LogP contribution is -2.39. The molecule has 2 heterocycles. The van der Waals surface area contributed by atoms with Crippen molar-refractivity contribution >= 4 is 23.2 Å². The molecule has 18 heavy (non-hydrogen) atoms. The molecule has 1 aromatic heterocycles. The lowest BCUT2D eigenvalue weighted by Gasteiger charge is -2.29. The average Bonchev–Trinajstić information content (AvgIpc) is 2.78. The Hall–Kier alpha value is -1.47. The number of aromatic nitrogens is 1. The fourth-order valence-corrected chi connectivity index (χ4v) is 3.10. The van der Waals surface area contributed by atoms with E-state index in [4.69, 9.17) is 10.8 Å². The Morgan fingerprint density at radius 2 is 2.17 bits per heavy atom. The van der Waals surface area contributed by atoms with Gasteiger partial charge in [0.1, 0.15) is 0 Å². The molecule has 0 aromatic carbocycles. The van der Waals surface area contributed by atoms with Crippen molar-refractivity contribution < 1.29 is 14.7 Å². The van der Waals surface area contributed by atoms with Crippen LogP contribution in [0.2, 0.25) is 0 Å². The van der Waals surface area contributed by atoms with E-state index in [0.29, 0.717) is 12.5 Å². The molecule has 0 spiro atoms. The average molecular weight is 269 g/mol. The number of carbonyl (C=O) groups excluding carboxylic acids is 1. The summed E-state index contributed by atoms with van der Waals surface area (Å²) in [5.74, 6) is -0.994. The predicted molar refractivity (Wildman–Crippen MR) is 66.7 cm³/mol. The number of carboxylic acid groups (broad SMARTS) is 1. The summed E-state index contributed by atoms with van der Waals surface area (Å²) in [6, 6.07) is 0. The van der Waals surface area contributed by atoms with Crippen LogP contribution in [-0.4, -0.2) is 46.5 Å². The number of thiazole rings is 1. The normalized spacial score (nSPS) is 17.8. The number of carboxylic acids is 1. The van der Waals surface area contributed by atoms with Crippen molar-refractivity contribution in [3.63, 3.8) is 0 Å². The highest BCUT2D eigenvalue weighted by Gasteiger charge is 2.24. The van der Waals surface area contributed by atoms with Crippen LogP contribution in [0.15, 0.2) is 5.38 Å². The number of nitrogens with two attached hydrogens (primary N) is 1. The summed E-state index contributed by atoms with van der Waals surface area (Å²) in [4.78, 5) is 27.7. The van der Waals surface area contributed by atoms with Gasteiger partial charge in [-0.05, 0) is 25.9 Å². The van der Waals surface area contributed by atoms with Gasteiger partial charge in [0.15, 0.2) is 5.69 Å². The summed E-state index contributed by atoms with van der Waals surface area (Å²) in [5, 5.41) is 11.3. The molecular weight excluding hydrogens is 254 g/mol. The lowest BCUT2D eigenvalue weighted by molar-refractivity contribution is -0.119. The first-order chi connectivity index (χ1) is 8.56. The molecule has 1 fully saturated rings. The highest BCUT2D eigenvalue weighted by molar-refractivity contribution is 7.09.